The molecule has 4 aliphatic heterocycles. The zero-order chi connectivity index (χ0) is 20.7. The summed E-state index contributed by atoms with van der Waals surface area (Å²) in [5, 5.41) is 18.9. The van der Waals surface area contributed by atoms with Crippen molar-refractivity contribution in [3.8, 4) is 5.75 Å². The number of methoxy groups -OCH3 is 1. The van der Waals surface area contributed by atoms with Crippen molar-refractivity contribution in [1.82, 2.24) is 9.80 Å². The highest BCUT2D eigenvalue weighted by molar-refractivity contribution is 6.06. The van der Waals surface area contributed by atoms with Gasteiger partial charge in [-0.3, -0.25) is 4.79 Å². The van der Waals surface area contributed by atoms with Gasteiger partial charge >= 0.3 is 11.9 Å². The molecule has 0 radical (unpaired) electrons. The van der Waals surface area contributed by atoms with Crippen molar-refractivity contribution in [2.45, 2.75) is 18.9 Å². The topological polar surface area (TPSA) is 111 Å². The first-order valence-electron chi connectivity index (χ1n) is 9.56. The largest absolute Gasteiger partial charge is 0.497 e. The predicted molar refractivity (Wildman–Crippen MR) is 103 cm³/mol. The van der Waals surface area contributed by atoms with E-state index in [-0.39, 0.29) is 18.6 Å². The monoisotopic (exact) mass is 401 g/mol. The van der Waals surface area contributed by atoms with Gasteiger partial charge in [-0.2, -0.15) is 0 Å². The fourth-order valence-electron chi connectivity index (χ4n) is 4.61. The molecule has 4 heterocycles. The molecular weight excluding hydrogens is 378 g/mol. The van der Waals surface area contributed by atoms with Gasteiger partial charge < -0.3 is 29.6 Å². The lowest BCUT2D eigenvalue weighted by Crippen LogP contribution is -2.62. The standard InChI is InChI=1S/C20H23N3O6/c1-29-13-2-3-14-15(8-13)22(16(20(27)28)9-18(24)25)11-23(19(14)26)17-10-21-6-4-12(17)5-7-21/h2-3,8-9,12,17H,4-7,10-11H2,1H3,(H,24,25)(H,27,28)/b16-9-. The van der Waals surface area contributed by atoms with Gasteiger partial charge in [0.15, 0.2) is 0 Å². The van der Waals surface area contributed by atoms with Crippen molar-refractivity contribution in [3.63, 3.8) is 0 Å². The maximum Gasteiger partial charge on any atom is 0.352 e. The Hall–Kier alpha value is -3.07. The lowest BCUT2D eigenvalue weighted by Gasteiger charge is -2.51. The Kier molecular flexibility index (Phi) is 4.91. The fourth-order valence-corrected chi connectivity index (χ4v) is 4.61. The summed E-state index contributed by atoms with van der Waals surface area (Å²) in [4.78, 5) is 41.8. The smallest absolute Gasteiger partial charge is 0.352 e. The molecule has 4 aliphatic rings. The minimum Gasteiger partial charge on any atom is -0.497 e. The Morgan fingerprint density at radius 1 is 1.21 bits per heavy atom. The lowest BCUT2D eigenvalue weighted by atomic mass is 9.82. The number of carboxylic acids is 2. The van der Waals surface area contributed by atoms with E-state index in [1.54, 1.807) is 23.1 Å². The number of fused-ring (bicyclic) bond motifs is 4. The average molecular weight is 401 g/mol. The summed E-state index contributed by atoms with van der Waals surface area (Å²) in [6.07, 6.45) is 2.66. The number of carbonyl (C=O) groups excluding carboxylic acids is 1. The van der Waals surface area contributed by atoms with Crippen LogP contribution in [0.25, 0.3) is 0 Å². The van der Waals surface area contributed by atoms with Crippen molar-refractivity contribution >= 4 is 23.5 Å². The molecule has 29 heavy (non-hydrogen) atoms. The number of amides is 1. The molecule has 2 N–H and O–H groups in total. The Morgan fingerprint density at radius 3 is 2.48 bits per heavy atom. The number of aliphatic carboxylic acids is 2. The minimum absolute atomic E-state index is 0.0145. The SMILES string of the molecule is COc1ccc2c(c1)N(/C(=C\C(=O)O)C(=O)O)CN(C1CN3CCC1CC3)C2=O. The number of rotatable bonds is 5. The third-order valence-electron chi connectivity index (χ3n) is 6.07. The van der Waals surface area contributed by atoms with Crippen LogP contribution in [0.15, 0.2) is 30.0 Å². The second-order valence-electron chi connectivity index (χ2n) is 7.61. The van der Waals surface area contributed by atoms with Gasteiger partial charge in [0, 0.05) is 18.7 Å². The quantitative estimate of drug-likeness (QED) is 0.705. The van der Waals surface area contributed by atoms with E-state index in [0.717, 1.165) is 32.5 Å². The van der Waals surface area contributed by atoms with Gasteiger partial charge in [0.25, 0.3) is 5.91 Å². The normalized spacial score (nSPS) is 26.3. The highest BCUT2D eigenvalue weighted by atomic mass is 16.5. The number of anilines is 1. The van der Waals surface area contributed by atoms with Crippen molar-refractivity contribution in [1.29, 1.82) is 0 Å². The van der Waals surface area contributed by atoms with Crippen LogP contribution in [-0.2, 0) is 9.59 Å². The number of benzene rings is 1. The van der Waals surface area contributed by atoms with E-state index >= 15 is 0 Å². The van der Waals surface area contributed by atoms with Crippen LogP contribution >= 0.6 is 0 Å². The summed E-state index contributed by atoms with van der Waals surface area (Å²) in [7, 11) is 1.47. The van der Waals surface area contributed by atoms with Crippen LogP contribution in [0.2, 0.25) is 0 Å². The van der Waals surface area contributed by atoms with Crippen molar-refractivity contribution in [2.24, 2.45) is 5.92 Å². The molecule has 1 amide bonds. The molecule has 154 valence electrons. The van der Waals surface area contributed by atoms with E-state index in [0.29, 0.717) is 29.0 Å². The van der Waals surface area contributed by atoms with E-state index in [1.165, 1.54) is 12.0 Å². The average Bonchev–Trinajstić information content (AvgIpc) is 2.73. The predicted octanol–water partition coefficient (Wildman–Crippen LogP) is 1.06. The van der Waals surface area contributed by atoms with Crippen molar-refractivity contribution in [2.75, 3.05) is 38.3 Å². The highest BCUT2D eigenvalue weighted by Gasteiger charge is 2.43. The molecular formula is C20H23N3O6. The highest BCUT2D eigenvalue weighted by Crippen LogP contribution is 2.38. The first kappa shape index (κ1) is 19.3. The molecule has 1 aromatic carbocycles. The number of carboxylic acid groups (broad SMARTS) is 2. The summed E-state index contributed by atoms with van der Waals surface area (Å²) in [5.74, 6) is -2.08. The molecule has 0 saturated carbocycles. The minimum atomic E-state index is -1.37. The Labute approximate surface area is 167 Å². The van der Waals surface area contributed by atoms with Crippen LogP contribution < -0.4 is 9.64 Å². The van der Waals surface area contributed by atoms with E-state index in [1.807, 2.05) is 0 Å². The first-order valence-corrected chi connectivity index (χ1v) is 9.56. The summed E-state index contributed by atoms with van der Waals surface area (Å²) in [6.45, 7) is 2.76. The second kappa shape index (κ2) is 7.40. The fraction of sp³-hybridized carbons (Fsp3) is 0.450. The maximum atomic E-state index is 13.3. The zero-order valence-electron chi connectivity index (χ0n) is 16.1. The van der Waals surface area contributed by atoms with Gasteiger partial charge in [-0.25, -0.2) is 9.59 Å². The van der Waals surface area contributed by atoms with E-state index in [4.69, 9.17) is 4.74 Å². The second-order valence-corrected chi connectivity index (χ2v) is 7.61. The number of hydrogen-bond acceptors (Lipinski definition) is 6. The summed E-state index contributed by atoms with van der Waals surface area (Å²) < 4.78 is 5.23. The Balaban J connectivity index is 1.79. The number of piperidine rings is 3. The maximum absolute atomic E-state index is 13.3. The summed E-state index contributed by atoms with van der Waals surface area (Å²) >= 11 is 0. The number of hydrogen-bond donors (Lipinski definition) is 2. The molecule has 0 aromatic heterocycles. The molecule has 1 aromatic rings. The van der Waals surface area contributed by atoms with Crippen LogP contribution in [0.1, 0.15) is 23.2 Å². The molecule has 5 rings (SSSR count). The lowest BCUT2D eigenvalue weighted by molar-refractivity contribution is -0.135. The number of carbonyl (C=O) groups is 3. The van der Waals surface area contributed by atoms with Gasteiger partial charge in [-0.05, 0) is 44.0 Å². The van der Waals surface area contributed by atoms with E-state index in [2.05, 4.69) is 4.90 Å². The van der Waals surface area contributed by atoms with Crippen molar-refractivity contribution in [3.05, 3.63) is 35.5 Å². The molecule has 0 spiro atoms. The molecule has 3 saturated heterocycles. The third kappa shape index (κ3) is 3.42. The molecule has 3 fully saturated rings. The van der Waals surface area contributed by atoms with E-state index < -0.39 is 17.6 Å². The van der Waals surface area contributed by atoms with Crippen LogP contribution in [0.5, 0.6) is 5.75 Å². The number of nitrogens with zero attached hydrogens (tertiary/aromatic N) is 3. The van der Waals surface area contributed by atoms with Gasteiger partial charge in [-0.15, -0.1) is 0 Å². The number of ether oxygens (including phenoxy) is 1. The van der Waals surface area contributed by atoms with E-state index in [9.17, 15) is 24.6 Å². The molecule has 1 unspecified atom stereocenters. The van der Waals surface area contributed by atoms with Crippen LogP contribution in [0.4, 0.5) is 5.69 Å². The molecule has 2 bridgehead atoms. The molecule has 9 nitrogen and oxygen atoms in total. The van der Waals surface area contributed by atoms with Crippen LogP contribution in [-0.4, -0.2) is 77.3 Å². The van der Waals surface area contributed by atoms with Gasteiger partial charge in [0.1, 0.15) is 11.4 Å². The molecule has 0 aliphatic carbocycles. The zero-order valence-corrected chi connectivity index (χ0v) is 16.1. The first-order chi connectivity index (χ1) is 13.9. The van der Waals surface area contributed by atoms with Gasteiger partial charge in [0.05, 0.1) is 31.1 Å². The van der Waals surface area contributed by atoms with Crippen molar-refractivity contribution < 1.29 is 29.3 Å². The Bertz CT molecular complexity index is 890. The van der Waals surface area contributed by atoms with Crippen LogP contribution in [0, 0.1) is 5.92 Å². The van der Waals surface area contributed by atoms with Gasteiger partial charge in [-0.1, -0.05) is 0 Å². The molecule has 9 heteroatoms. The third-order valence-corrected chi connectivity index (χ3v) is 6.07. The summed E-state index contributed by atoms with van der Waals surface area (Å²) in [6, 6.07) is 4.80. The summed E-state index contributed by atoms with van der Waals surface area (Å²) in [5.41, 5.74) is 0.276. The van der Waals surface area contributed by atoms with Gasteiger partial charge in [0.2, 0.25) is 0 Å². The Morgan fingerprint density at radius 2 is 1.93 bits per heavy atom. The molecule has 1 atom stereocenters. The van der Waals surface area contributed by atoms with Crippen LogP contribution in [0.3, 0.4) is 0 Å².